The minimum Gasteiger partial charge on any atom is -0.351 e. The Bertz CT molecular complexity index is 1190. The second-order valence-electron chi connectivity index (χ2n) is 8.83. The Morgan fingerprint density at radius 1 is 1.25 bits per heavy atom. The third-order valence-corrected chi connectivity index (χ3v) is 5.74. The van der Waals surface area contributed by atoms with Gasteiger partial charge in [0, 0.05) is 51.0 Å². The van der Waals surface area contributed by atoms with Crippen molar-refractivity contribution in [3.05, 3.63) is 29.8 Å². The van der Waals surface area contributed by atoms with Gasteiger partial charge in [0.15, 0.2) is 11.6 Å². The molecule has 1 aliphatic rings. The third kappa shape index (κ3) is 3.88. The molecule has 4 heterocycles. The Balaban J connectivity index is 1.87. The molecule has 0 bridgehead atoms. The fourth-order valence-electron chi connectivity index (χ4n) is 3.72. The van der Waals surface area contributed by atoms with Crippen LogP contribution < -0.4 is 10.2 Å². The zero-order valence-corrected chi connectivity index (χ0v) is 18.9. The second-order valence-corrected chi connectivity index (χ2v) is 8.83. The van der Waals surface area contributed by atoms with Gasteiger partial charge in [-0.2, -0.15) is 8.78 Å². The van der Waals surface area contributed by atoms with E-state index in [-0.39, 0.29) is 17.3 Å². The van der Waals surface area contributed by atoms with Crippen molar-refractivity contribution < 1.29 is 13.6 Å². The first-order valence-electron chi connectivity index (χ1n) is 10.2. The summed E-state index contributed by atoms with van der Waals surface area (Å²) in [5, 5.41) is 8.12. The summed E-state index contributed by atoms with van der Waals surface area (Å²) in [4.78, 5) is 28.1. The van der Waals surface area contributed by atoms with Crippen LogP contribution in [0.4, 0.5) is 20.4 Å². The quantitative estimate of drug-likeness (QED) is 0.647. The van der Waals surface area contributed by atoms with Crippen LogP contribution in [0.15, 0.2) is 18.3 Å². The number of pyridine rings is 1. The van der Waals surface area contributed by atoms with Crippen molar-refractivity contribution >= 4 is 28.4 Å². The topological polar surface area (TPSA) is 92.1 Å². The van der Waals surface area contributed by atoms with E-state index in [1.807, 2.05) is 14.1 Å². The molecule has 11 heteroatoms. The number of aryl methyl sites for hydroxylation is 1. The minimum atomic E-state index is -3.19. The van der Waals surface area contributed by atoms with E-state index in [9.17, 15) is 13.6 Å². The maximum Gasteiger partial charge on any atom is 0.303 e. The first-order valence-corrected chi connectivity index (χ1v) is 10.2. The van der Waals surface area contributed by atoms with Crippen LogP contribution in [0.1, 0.15) is 32.3 Å². The molecule has 0 saturated carbocycles. The van der Waals surface area contributed by atoms with Crippen molar-refractivity contribution in [3.63, 3.8) is 0 Å². The van der Waals surface area contributed by atoms with Crippen LogP contribution in [0, 0.1) is 6.92 Å². The number of rotatable bonds is 5. The average Bonchev–Trinajstić information content (AvgIpc) is 3.02. The molecule has 0 aliphatic carbocycles. The molecule has 32 heavy (non-hydrogen) atoms. The van der Waals surface area contributed by atoms with Gasteiger partial charge >= 0.3 is 5.92 Å². The zero-order valence-electron chi connectivity index (χ0n) is 18.9. The van der Waals surface area contributed by atoms with Crippen molar-refractivity contribution in [3.8, 4) is 5.82 Å². The van der Waals surface area contributed by atoms with E-state index in [1.165, 1.54) is 11.6 Å². The van der Waals surface area contributed by atoms with Gasteiger partial charge in [-0.25, -0.2) is 19.6 Å². The van der Waals surface area contributed by atoms with E-state index in [4.69, 9.17) is 5.10 Å². The van der Waals surface area contributed by atoms with E-state index >= 15 is 0 Å². The van der Waals surface area contributed by atoms with E-state index < -0.39 is 11.7 Å². The number of carbonyl (C=O) groups excluding carboxylic acids is 1. The molecule has 0 radical (unpaired) electrons. The predicted octanol–water partition coefficient (Wildman–Crippen LogP) is 2.73. The number of nitrogens with one attached hydrogen (secondary N) is 1. The van der Waals surface area contributed by atoms with Crippen LogP contribution in [-0.2, 0) is 10.7 Å². The van der Waals surface area contributed by atoms with Crippen molar-refractivity contribution in [2.45, 2.75) is 39.2 Å². The number of likely N-dealkylation sites (N-methyl/N-ethyl adjacent to an activating group) is 1. The lowest BCUT2D eigenvalue weighted by Crippen LogP contribution is -2.67. The Labute approximate surface area is 184 Å². The van der Waals surface area contributed by atoms with Gasteiger partial charge in [0.05, 0.1) is 16.4 Å². The Morgan fingerprint density at radius 3 is 2.53 bits per heavy atom. The maximum atomic E-state index is 14.0. The molecule has 170 valence electrons. The molecule has 0 atom stereocenters. The van der Waals surface area contributed by atoms with Gasteiger partial charge in [-0.3, -0.25) is 4.79 Å². The number of aromatic nitrogens is 5. The van der Waals surface area contributed by atoms with E-state index in [0.29, 0.717) is 22.8 Å². The standard InChI is InChI=1S/C21H26F2N8O/c1-12-7-17(27-19(25-12)21(4,22)23)31-15-8-16(26-13(2)32)24-9-14(15)18(28-31)30-10-20(3,11-30)29(5)6/h7-9H,10-11H2,1-6H3,(H,24,26,32). The fourth-order valence-corrected chi connectivity index (χ4v) is 3.72. The van der Waals surface area contributed by atoms with Gasteiger partial charge in [-0.05, 0) is 27.9 Å². The summed E-state index contributed by atoms with van der Waals surface area (Å²) in [5.74, 6) is -2.79. The predicted molar refractivity (Wildman–Crippen MR) is 117 cm³/mol. The summed E-state index contributed by atoms with van der Waals surface area (Å²) in [6.45, 7) is 7.45. The molecule has 3 aromatic heterocycles. The van der Waals surface area contributed by atoms with E-state index in [2.05, 4.69) is 37.0 Å². The maximum absolute atomic E-state index is 14.0. The number of anilines is 2. The number of amides is 1. The molecule has 1 fully saturated rings. The lowest BCUT2D eigenvalue weighted by molar-refractivity contribution is -0.114. The molecule has 0 unspecified atom stereocenters. The van der Waals surface area contributed by atoms with Crippen molar-refractivity contribution in [2.75, 3.05) is 37.4 Å². The molecule has 1 N–H and O–H groups in total. The lowest BCUT2D eigenvalue weighted by atomic mass is 9.91. The Hall–Kier alpha value is -3.21. The van der Waals surface area contributed by atoms with Crippen LogP contribution in [0.25, 0.3) is 16.7 Å². The van der Waals surface area contributed by atoms with Crippen LogP contribution in [0.5, 0.6) is 0 Å². The third-order valence-electron chi connectivity index (χ3n) is 5.74. The number of nitrogens with zero attached hydrogens (tertiary/aromatic N) is 7. The second kappa shape index (κ2) is 7.44. The van der Waals surface area contributed by atoms with Crippen molar-refractivity contribution in [1.82, 2.24) is 29.6 Å². The van der Waals surface area contributed by atoms with Crippen LogP contribution in [-0.4, -0.2) is 68.3 Å². The highest BCUT2D eigenvalue weighted by molar-refractivity contribution is 5.95. The van der Waals surface area contributed by atoms with Crippen LogP contribution >= 0.6 is 0 Å². The largest absolute Gasteiger partial charge is 0.351 e. The molecule has 1 aliphatic heterocycles. The summed E-state index contributed by atoms with van der Waals surface area (Å²) >= 11 is 0. The molecule has 0 spiro atoms. The van der Waals surface area contributed by atoms with Gasteiger partial charge in [-0.15, -0.1) is 5.10 Å². The highest BCUT2D eigenvalue weighted by Crippen LogP contribution is 2.36. The first-order chi connectivity index (χ1) is 14.9. The summed E-state index contributed by atoms with van der Waals surface area (Å²) in [7, 11) is 4.07. The zero-order chi connectivity index (χ0) is 23.4. The SMILES string of the molecule is CC(=O)Nc1cc2c(cn1)c(N1CC(C)(N(C)C)C1)nn2-c1cc(C)nc(C(C)(F)F)n1. The van der Waals surface area contributed by atoms with Gasteiger partial charge < -0.3 is 15.1 Å². The van der Waals surface area contributed by atoms with Crippen LogP contribution in [0.3, 0.4) is 0 Å². The first kappa shape index (κ1) is 22.0. The molecule has 0 aromatic carbocycles. The molecule has 4 rings (SSSR count). The van der Waals surface area contributed by atoms with Gasteiger partial charge in [0.1, 0.15) is 5.82 Å². The Morgan fingerprint density at radius 2 is 1.94 bits per heavy atom. The highest BCUT2D eigenvalue weighted by Gasteiger charge is 2.42. The van der Waals surface area contributed by atoms with Crippen molar-refractivity contribution in [2.24, 2.45) is 0 Å². The molecule has 3 aromatic rings. The fraction of sp³-hybridized carbons (Fsp3) is 0.476. The summed E-state index contributed by atoms with van der Waals surface area (Å²) in [5.41, 5.74) is 1.00. The molecular weight excluding hydrogens is 418 g/mol. The molecule has 1 saturated heterocycles. The van der Waals surface area contributed by atoms with Gasteiger partial charge in [-0.1, -0.05) is 0 Å². The molecule has 9 nitrogen and oxygen atoms in total. The smallest absolute Gasteiger partial charge is 0.303 e. The van der Waals surface area contributed by atoms with E-state index in [0.717, 1.165) is 25.4 Å². The number of hydrogen-bond donors (Lipinski definition) is 1. The number of hydrogen-bond acceptors (Lipinski definition) is 7. The van der Waals surface area contributed by atoms with Gasteiger partial charge in [0.2, 0.25) is 11.7 Å². The number of alkyl halides is 2. The normalized spacial score (nSPS) is 15.8. The number of fused-ring (bicyclic) bond motifs is 1. The van der Waals surface area contributed by atoms with Crippen LogP contribution in [0.2, 0.25) is 0 Å². The average molecular weight is 444 g/mol. The minimum absolute atomic E-state index is 0.00258. The highest BCUT2D eigenvalue weighted by atomic mass is 19.3. The summed E-state index contributed by atoms with van der Waals surface area (Å²) in [6.07, 6.45) is 1.63. The summed E-state index contributed by atoms with van der Waals surface area (Å²) < 4.78 is 29.5. The molecular formula is C21H26F2N8O. The monoisotopic (exact) mass is 444 g/mol. The molecule has 1 amide bonds. The van der Waals surface area contributed by atoms with Gasteiger partial charge in [0.25, 0.3) is 0 Å². The van der Waals surface area contributed by atoms with Crippen molar-refractivity contribution in [1.29, 1.82) is 0 Å². The number of carbonyl (C=O) groups is 1. The van der Waals surface area contributed by atoms with E-state index in [1.54, 1.807) is 25.3 Å². The number of halogens is 2. The Kier molecular flexibility index (Phi) is 5.11. The summed E-state index contributed by atoms with van der Waals surface area (Å²) in [6, 6.07) is 3.27. The lowest BCUT2D eigenvalue weighted by Gasteiger charge is -2.52.